The Morgan fingerprint density at radius 1 is 0.421 bits per heavy atom. The largest absolute Gasteiger partial charge is 0.455 e. The predicted octanol–water partition coefficient (Wildman–Crippen LogP) is 15.5. The first-order valence-electron chi connectivity index (χ1n) is 19.8. The minimum atomic E-state index is -0.147. The number of rotatable bonds is 6. The second-order valence-electron chi connectivity index (χ2n) is 15.6. The van der Waals surface area contributed by atoms with Gasteiger partial charge >= 0.3 is 0 Å². The summed E-state index contributed by atoms with van der Waals surface area (Å²) in [6, 6.07) is 72.7. The van der Waals surface area contributed by atoms with Crippen molar-refractivity contribution in [2.24, 2.45) is 0 Å². The topological polar surface area (TPSA) is 16.4 Å². The lowest BCUT2D eigenvalue weighted by Crippen LogP contribution is -2.16. The Bertz CT molecular complexity index is 3160. The number of anilines is 3. The summed E-state index contributed by atoms with van der Waals surface area (Å²) >= 11 is 0. The first kappa shape index (κ1) is 33.2. The lowest BCUT2D eigenvalue weighted by atomic mass is 9.82. The Labute approximate surface area is 332 Å². The number of benzene rings is 9. The normalized spacial score (nSPS) is 12.9. The lowest BCUT2D eigenvalue weighted by molar-refractivity contribution is 0.660. The van der Waals surface area contributed by atoms with E-state index in [1.165, 1.54) is 55.3 Å². The molecule has 57 heavy (non-hydrogen) atoms. The molecule has 0 atom stereocenters. The standard InChI is InChI=1S/C55H39NO/c1-55(2)47-30-9-6-25-46(47)53-48(55)31-16-33-50(53)56(39-22-12-21-38(35-39)41-27-15-29-45-43-24-8-11-34-51(43)57-54(41)45)49-32-10-7-23-42(49)44-28-14-20-37-19-13-26-40(52(37)44)36-17-4-3-5-18-36/h3-35H,1-2H3. The van der Waals surface area contributed by atoms with Crippen LogP contribution in [-0.4, -0.2) is 0 Å². The maximum absolute atomic E-state index is 6.58. The molecule has 11 rings (SSSR count). The average molecular weight is 730 g/mol. The van der Waals surface area contributed by atoms with Gasteiger partial charge in [-0.1, -0.05) is 184 Å². The minimum absolute atomic E-state index is 0.147. The zero-order valence-corrected chi connectivity index (χ0v) is 31.9. The SMILES string of the molecule is CC1(C)c2ccccc2-c2c(N(c3cccc(-c4cccc5c4oc4ccccc45)c3)c3ccccc3-c3cccc4cccc(-c5ccccc5)c34)cccc21. The Morgan fingerprint density at radius 3 is 1.89 bits per heavy atom. The van der Waals surface area contributed by atoms with E-state index in [2.05, 4.69) is 213 Å². The van der Waals surface area contributed by atoms with E-state index < -0.39 is 0 Å². The summed E-state index contributed by atoms with van der Waals surface area (Å²) in [7, 11) is 0. The molecular weight excluding hydrogens is 691 g/mol. The van der Waals surface area contributed by atoms with E-state index in [1.54, 1.807) is 0 Å². The Balaban J connectivity index is 1.19. The van der Waals surface area contributed by atoms with Crippen LogP contribution in [0.3, 0.4) is 0 Å². The third-order valence-corrected chi connectivity index (χ3v) is 12.1. The molecule has 1 aromatic heterocycles. The van der Waals surface area contributed by atoms with Crippen molar-refractivity contribution in [3.05, 3.63) is 211 Å². The summed E-state index contributed by atoms with van der Waals surface area (Å²) < 4.78 is 6.58. The van der Waals surface area contributed by atoms with Crippen molar-refractivity contribution in [2.45, 2.75) is 19.3 Å². The van der Waals surface area contributed by atoms with Crippen molar-refractivity contribution in [2.75, 3.05) is 4.90 Å². The van der Waals surface area contributed by atoms with Crippen LogP contribution in [0.2, 0.25) is 0 Å². The molecule has 9 aromatic carbocycles. The number of hydrogen-bond acceptors (Lipinski definition) is 2. The van der Waals surface area contributed by atoms with Gasteiger partial charge in [0.2, 0.25) is 0 Å². The Morgan fingerprint density at radius 2 is 1.02 bits per heavy atom. The van der Waals surface area contributed by atoms with Gasteiger partial charge in [-0.05, 0) is 80.0 Å². The van der Waals surface area contributed by atoms with Crippen LogP contribution in [0, 0.1) is 0 Å². The molecule has 0 fully saturated rings. The van der Waals surface area contributed by atoms with Crippen molar-refractivity contribution in [3.63, 3.8) is 0 Å². The number of fused-ring (bicyclic) bond motifs is 7. The summed E-state index contributed by atoms with van der Waals surface area (Å²) in [5.41, 5.74) is 17.2. The van der Waals surface area contributed by atoms with Crippen LogP contribution in [0.4, 0.5) is 17.1 Å². The summed E-state index contributed by atoms with van der Waals surface area (Å²) in [5, 5.41) is 4.72. The van der Waals surface area contributed by atoms with Gasteiger partial charge in [0.15, 0.2) is 0 Å². The van der Waals surface area contributed by atoms with E-state index in [-0.39, 0.29) is 5.41 Å². The fraction of sp³-hybridized carbons (Fsp3) is 0.0545. The number of para-hydroxylation sites is 3. The molecule has 0 bridgehead atoms. The van der Waals surface area contributed by atoms with E-state index in [0.29, 0.717) is 0 Å². The van der Waals surface area contributed by atoms with E-state index >= 15 is 0 Å². The highest BCUT2D eigenvalue weighted by Gasteiger charge is 2.38. The third kappa shape index (κ3) is 5.18. The van der Waals surface area contributed by atoms with Gasteiger partial charge in [0, 0.05) is 38.6 Å². The molecule has 0 saturated heterocycles. The number of hydrogen-bond donors (Lipinski definition) is 0. The zero-order chi connectivity index (χ0) is 38.1. The van der Waals surface area contributed by atoms with Crippen LogP contribution < -0.4 is 4.90 Å². The van der Waals surface area contributed by atoms with Crippen LogP contribution in [0.15, 0.2) is 205 Å². The molecule has 0 amide bonds. The maximum atomic E-state index is 6.58. The molecule has 270 valence electrons. The summed E-state index contributed by atoms with van der Waals surface area (Å²) in [6.45, 7) is 4.71. The van der Waals surface area contributed by atoms with Gasteiger partial charge in [-0.2, -0.15) is 0 Å². The second kappa shape index (κ2) is 13.0. The van der Waals surface area contributed by atoms with Gasteiger partial charge < -0.3 is 9.32 Å². The molecule has 0 radical (unpaired) electrons. The van der Waals surface area contributed by atoms with Gasteiger partial charge in [-0.15, -0.1) is 0 Å². The van der Waals surface area contributed by atoms with Crippen LogP contribution >= 0.6 is 0 Å². The summed E-state index contributed by atoms with van der Waals surface area (Å²) in [4.78, 5) is 2.50. The zero-order valence-electron chi connectivity index (χ0n) is 31.9. The van der Waals surface area contributed by atoms with E-state index in [4.69, 9.17) is 4.42 Å². The highest BCUT2D eigenvalue weighted by molar-refractivity contribution is 6.11. The minimum Gasteiger partial charge on any atom is -0.455 e. The van der Waals surface area contributed by atoms with Gasteiger partial charge in [-0.3, -0.25) is 0 Å². The predicted molar refractivity (Wildman–Crippen MR) is 240 cm³/mol. The van der Waals surface area contributed by atoms with Crippen LogP contribution in [-0.2, 0) is 5.41 Å². The van der Waals surface area contributed by atoms with Crippen molar-refractivity contribution >= 4 is 49.8 Å². The monoisotopic (exact) mass is 729 g/mol. The second-order valence-corrected chi connectivity index (χ2v) is 15.6. The highest BCUT2D eigenvalue weighted by atomic mass is 16.3. The van der Waals surface area contributed by atoms with Crippen molar-refractivity contribution in [1.29, 1.82) is 0 Å². The number of nitrogens with zero attached hydrogens (tertiary/aromatic N) is 1. The molecule has 0 N–H and O–H groups in total. The number of furan rings is 1. The Hall–Kier alpha value is -7.16. The molecule has 0 unspecified atom stereocenters. The van der Waals surface area contributed by atoms with Gasteiger partial charge in [0.1, 0.15) is 11.2 Å². The lowest BCUT2D eigenvalue weighted by Gasteiger charge is -2.31. The van der Waals surface area contributed by atoms with E-state index in [0.717, 1.165) is 50.1 Å². The van der Waals surface area contributed by atoms with E-state index in [9.17, 15) is 0 Å². The smallest absolute Gasteiger partial charge is 0.143 e. The van der Waals surface area contributed by atoms with E-state index in [1.807, 2.05) is 6.07 Å². The fourth-order valence-corrected chi connectivity index (χ4v) is 9.44. The van der Waals surface area contributed by atoms with Crippen molar-refractivity contribution < 1.29 is 4.42 Å². The van der Waals surface area contributed by atoms with Crippen LogP contribution in [0.25, 0.3) is 77.2 Å². The first-order chi connectivity index (χ1) is 28.1. The molecule has 10 aromatic rings. The molecular formula is C55H39NO. The average Bonchev–Trinajstić information content (AvgIpc) is 3.76. The highest BCUT2D eigenvalue weighted by Crippen LogP contribution is 2.55. The van der Waals surface area contributed by atoms with Crippen LogP contribution in [0.1, 0.15) is 25.0 Å². The van der Waals surface area contributed by atoms with Crippen molar-refractivity contribution in [1.82, 2.24) is 0 Å². The molecule has 0 spiro atoms. The molecule has 1 heterocycles. The molecule has 1 aliphatic rings. The third-order valence-electron chi connectivity index (χ3n) is 12.1. The maximum Gasteiger partial charge on any atom is 0.143 e. The summed E-state index contributed by atoms with van der Waals surface area (Å²) in [6.07, 6.45) is 0. The summed E-state index contributed by atoms with van der Waals surface area (Å²) in [5.74, 6) is 0. The molecule has 0 saturated carbocycles. The van der Waals surface area contributed by atoms with Gasteiger partial charge in [0.25, 0.3) is 0 Å². The van der Waals surface area contributed by atoms with Crippen molar-refractivity contribution in [3.8, 4) is 44.5 Å². The molecule has 1 aliphatic carbocycles. The molecule has 0 aliphatic heterocycles. The Kier molecular flexibility index (Phi) is 7.55. The molecule has 2 nitrogen and oxygen atoms in total. The first-order valence-corrected chi connectivity index (χ1v) is 19.8. The molecule has 2 heteroatoms. The quantitative estimate of drug-likeness (QED) is 0.169. The van der Waals surface area contributed by atoms with Gasteiger partial charge in [-0.25, -0.2) is 0 Å². The fourth-order valence-electron chi connectivity index (χ4n) is 9.44. The van der Waals surface area contributed by atoms with Crippen LogP contribution in [0.5, 0.6) is 0 Å². The van der Waals surface area contributed by atoms with Gasteiger partial charge in [0.05, 0.1) is 11.4 Å².